The zero-order valence-corrected chi connectivity index (χ0v) is 16.6. The van der Waals surface area contributed by atoms with E-state index in [-0.39, 0.29) is 0 Å². The number of hydrogen-bond acceptors (Lipinski definition) is 3. The molecular weight excluding hydrogens is 356 g/mol. The van der Waals surface area contributed by atoms with Crippen LogP contribution < -0.4 is 5.32 Å². The van der Waals surface area contributed by atoms with Crippen LogP contribution in [0.15, 0.2) is 59.6 Å². The van der Waals surface area contributed by atoms with Gasteiger partial charge < -0.3 is 10.3 Å². The van der Waals surface area contributed by atoms with E-state index in [1.54, 1.807) is 31.2 Å². The Morgan fingerprint density at radius 1 is 1.07 bits per heavy atom. The Bertz CT molecular complexity index is 1030. The lowest BCUT2D eigenvalue weighted by Gasteiger charge is -2.19. The van der Waals surface area contributed by atoms with Gasteiger partial charge >= 0.3 is 0 Å². The summed E-state index contributed by atoms with van der Waals surface area (Å²) in [6.45, 7) is 5.11. The third-order valence-corrected chi connectivity index (χ3v) is 8.07. The van der Waals surface area contributed by atoms with Crippen molar-refractivity contribution >= 4 is 20.7 Å². The molecule has 0 amide bonds. The van der Waals surface area contributed by atoms with Gasteiger partial charge in [0.15, 0.2) is 9.84 Å². The summed E-state index contributed by atoms with van der Waals surface area (Å²) in [7, 11) is -3.42. The van der Waals surface area contributed by atoms with Crippen LogP contribution >= 0.6 is 0 Å². The summed E-state index contributed by atoms with van der Waals surface area (Å²) in [5.41, 5.74) is 3.15. The number of fused-ring (bicyclic) bond motifs is 1. The van der Waals surface area contributed by atoms with E-state index in [4.69, 9.17) is 0 Å². The average molecular weight is 383 g/mol. The van der Waals surface area contributed by atoms with E-state index < -0.39 is 15.1 Å². The molecule has 2 aromatic carbocycles. The molecule has 1 aromatic heterocycles. The van der Waals surface area contributed by atoms with Crippen LogP contribution in [0.2, 0.25) is 0 Å². The lowest BCUT2D eigenvalue weighted by Crippen LogP contribution is -2.27. The average Bonchev–Trinajstić information content (AvgIpc) is 3.37. The van der Waals surface area contributed by atoms with Crippen molar-refractivity contribution in [3.05, 3.63) is 65.9 Å². The largest absolute Gasteiger partial charge is 0.361 e. The standard InChI is InChI=1S/C22H26N2O2S/c1-15(21-9-6-12-23-21)20-14-24-22-11-10-17(13-19(20)22)16(2)27(25,26)18-7-4-3-5-8-18/h3-5,7-8,10-11,13-16,21,23-24H,6,9,12H2,1-2H3. The van der Waals surface area contributed by atoms with Crippen molar-refractivity contribution < 1.29 is 8.42 Å². The molecule has 1 aliphatic heterocycles. The molecule has 5 heteroatoms. The number of hydrogen-bond donors (Lipinski definition) is 2. The van der Waals surface area contributed by atoms with Gasteiger partial charge in [-0.2, -0.15) is 0 Å². The molecule has 2 N–H and O–H groups in total. The van der Waals surface area contributed by atoms with E-state index in [0.717, 1.165) is 23.0 Å². The summed E-state index contributed by atoms with van der Waals surface area (Å²) in [6, 6.07) is 15.2. The first-order chi connectivity index (χ1) is 13.0. The Labute approximate surface area is 160 Å². The van der Waals surface area contributed by atoms with Gasteiger partial charge in [-0.1, -0.05) is 31.2 Å². The first-order valence-corrected chi connectivity index (χ1v) is 11.2. The Hall–Kier alpha value is -2.11. The van der Waals surface area contributed by atoms with Crippen molar-refractivity contribution in [2.45, 2.75) is 48.8 Å². The SMILES string of the molecule is CC(c1c[nH]c2ccc(C(C)S(=O)(=O)c3ccccc3)cc12)C1CCCN1. The first-order valence-electron chi connectivity index (χ1n) is 9.62. The highest BCUT2D eigenvalue weighted by Gasteiger charge is 2.27. The van der Waals surface area contributed by atoms with Crippen LogP contribution in [0.3, 0.4) is 0 Å². The van der Waals surface area contributed by atoms with E-state index >= 15 is 0 Å². The third kappa shape index (κ3) is 3.30. The van der Waals surface area contributed by atoms with E-state index in [9.17, 15) is 8.42 Å². The number of H-pyrrole nitrogens is 1. The number of aromatic amines is 1. The van der Waals surface area contributed by atoms with Gasteiger partial charge in [-0.25, -0.2) is 8.42 Å². The molecule has 4 rings (SSSR count). The molecule has 0 bridgehead atoms. The topological polar surface area (TPSA) is 62.0 Å². The molecule has 4 nitrogen and oxygen atoms in total. The van der Waals surface area contributed by atoms with Crippen molar-refractivity contribution in [1.29, 1.82) is 0 Å². The van der Waals surface area contributed by atoms with Gasteiger partial charge in [0, 0.05) is 23.1 Å². The molecule has 1 saturated heterocycles. The maximum Gasteiger partial charge on any atom is 0.185 e. The third-order valence-electron chi connectivity index (χ3n) is 5.94. The highest BCUT2D eigenvalue weighted by atomic mass is 32.2. The van der Waals surface area contributed by atoms with Crippen LogP contribution in [0.1, 0.15) is 49.0 Å². The summed E-state index contributed by atoms with van der Waals surface area (Å²) >= 11 is 0. The Morgan fingerprint density at radius 3 is 2.56 bits per heavy atom. The molecule has 0 aliphatic carbocycles. The second-order valence-corrected chi connectivity index (χ2v) is 9.81. The first kappa shape index (κ1) is 18.3. The molecule has 27 heavy (non-hydrogen) atoms. The van der Waals surface area contributed by atoms with Gasteiger partial charge in [-0.15, -0.1) is 0 Å². The fraction of sp³-hybridized carbons (Fsp3) is 0.364. The second kappa shape index (κ2) is 7.13. The van der Waals surface area contributed by atoms with Crippen LogP contribution in [0.25, 0.3) is 10.9 Å². The lowest BCUT2D eigenvalue weighted by atomic mass is 9.91. The molecule has 1 aliphatic rings. The monoisotopic (exact) mass is 382 g/mol. The minimum absolute atomic E-state index is 0.371. The minimum atomic E-state index is -3.42. The zero-order valence-electron chi connectivity index (χ0n) is 15.8. The van der Waals surface area contributed by atoms with Crippen LogP contribution in [-0.2, 0) is 9.84 Å². The highest BCUT2D eigenvalue weighted by Crippen LogP contribution is 2.34. The van der Waals surface area contributed by atoms with E-state index in [1.807, 2.05) is 18.2 Å². The zero-order chi connectivity index (χ0) is 19.0. The van der Waals surface area contributed by atoms with E-state index in [0.29, 0.717) is 16.9 Å². The van der Waals surface area contributed by atoms with Gasteiger partial charge in [-0.3, -0.25) is 0 Å². The highest BCUT2D eigenvalue weighted by molar-refractivity contribution is 7.91. The maximum absolute atomic E-state index is 13.0. The van der Waals surface area contributed by atoms with Gasteiger partial charge in [0.25, 0.3) is 0 Å². The van der Waals surface area contributed by atoms with Gasteiger partial charge in [0.2, 0.25) is 0 Å². The van der Waals surface area contributed by atoms with Crippen LogP contribution in [0, 0.1) is 0 Å². The summed E-state index contributed by atoms with van der Waals surface area (Å²) in [6.07, 6.45) is 4.48. The van der Waals surface area contributed by atoms with Crippen LogP contribution in [0.4, 0.5) is 0 Å². The molecule has 0 saturated carbocycles. The Kier molecular flexibility index (Phi) is 4.82. The number of benzene rings is 2. The molecule has 3 aromatic rings. The molecule has 1 fully saturated rings. The maximum atomic E-state index is 13.0. The van der Waals surface area contributed by atoms with Gasteiger partial charge in [-0.05, 0) is 67.6 Å². The second-order valence-electron chi connectivity index (χ2n) is 7.54. The predicted octanol–water partition coefficient (Wildman–Crippen LogP) is 4.56. The van der Waals surface area contributed by atoms with Gasteiger partial charge in [0.05, 0.1) is 10.1 Å². The number of rotatable bonds is 5. The van der Waals surface area contributed by atoms with E-state index in [2.05, 4.69) is 29.5 Å². The smallest absolute Gasteiger partial charge is 0.185 e. The van der Waals surface area contributed by atoms with Crippen molar-refractivity contribution in [3.8, 4) is 0 Å². The fourth-order valence-corrected chi connectivity index (χ4v) is 5.59. The molecule has 142 valence electrons. The number of aromatic nitrogens is 1. The minimum Gasteiger partial charge on any atom is -0.361 e. The van der Waals surface area contributed by atoms with Crippen molar-refractivity contribution in [1.82, 2.24) is 10.3 Å². The molecule has 0 radical (unpaired) electrons. The van der Waals surface area contributed by atoms with E-state index in [1.165, 1.54) is 18.4 Å². The van der Waals surface area contributed by atoms with Crippen molar-refractivity contribution in [3.63, 3.8) is 0 Å². The number of nitrogens with one attached hydrogen (secondary N) is 2. The molecule has 3 atom stereocenters. The van der Waals surface area contributed by atoms with Crippen LogP contribution in [0.5, 0.6) is 0 Å². The predicted molar refractivity (Wildman–Crippen MR) is 110 cm³/mol. The van der Waals surface area contributed by atoms with Crippen molar-refractivity contribution in [2.75, 3.05) is 6.54 Å². The summed E-state index contributed by atoms with van der Waals surface area (Å²) < 4.78 is 26.0. The van der Waals surface area contributed by atoms with Gasteiger partial charge in [0.1, 0.15) is 0 Å². The summed E-state index contributed by atoms with van der Waals surface area (Å²) in [4.78, 5) is 3.72. The molecular formula is C22H26N2O2S. The number of sulfone groups is 1. The molecule has 2 heterocycles. The Balaban J connectivity index is 1.71. The lowest BCUT2D eigenvalue weighted by molar-refractivity contribution is 0.520. The van der Waals surface area contributed by atoms with Crippen molar-refractivity contribution in [2.24, 2.45) is 0 Å². The fourth-order valence-electron chi connectivity index (χ4n) is 4.14. The summed E-state index contributed by atoms with van der Waals surface area (Å²) in [5.74, 6) is 0.387. The molecule has 0 spiro atoms. The van der Waals surface area contributed by atoms with Crippen LogP contribution in [-0.4, -0.2) is 26.0 Å². The summed E-state index contributed by atoms with van der Waals surface area (Å²) in [5, 5.41) is 4.12. The quantitative estimate of drug-likeness (QED) is 0.680. The molecule has 3 unspecified atom stereocenters. The normalized spacial score (nSPS) is 20.0. The Morgan fingerprint density at radius 2 is 1.85 bits per heavy atom.